The standard InChI is InChI=1S/C14H23N3O/c1-5-6-17(7-8-18-4)14-9-12(2)16-11-13(14)10-15-3/h5,9,11,15H,1,6-8,10H2,2-4H3. The van der Waals surface area contributed by atoms with Crippen LogP contribution in [0.15, 0.2) is 24.9 Å². The summed E-state index contributed by atoms with van der Waals surface area (Å²) in [5, 5.41) is 3.17. The van der Waals surface area contributed by atoms with Gasteiger partial charge in [0.05, 0.1) is 6.61 Å². The molecule has 0 fully saturated rings. The van der Waals surface area contributed by atoms with Crippen LogP contribution in [-0.4, -0.2) is 38.8 Å². The number of methoxy groups -OCH3 is 1. The highest BCUT2D eigenvalue weighted by Crippen LogP contribution is 2.20. The Morgan fingerprint density at radius 2 is 2.33 bits per heavy atom. The van der Waals surface area contributed by atoms with E-state index in [2.05, 4.69) is 27.8 Å². The summed E-state index contributed by atoms with van der Waals surface area (Å²) < 4.78 is 5.16. The Balaban J connectivity index is 2.99. The molecule has 4 heteroatoms. The number of nitrogens with zero attached hydrogens (tertiary/aromatic N) is 2. The lowest BCUT2D eigenvalue weighted by Gasteiger charge is -2.25. The van der Waals surface area contributed by atoms with Crippen molar-refractivity contribution in [2.24, 2.45) is 0 Å². The average Bonchev–Trinajstić information content (AvgIpc) is 2.37. The average molecular weight is 249 g/mol. The van der Waals surface area contributed by atoms with E-state index < -0.39 is 0 Å². The highest BCUT2D eigenvalue weighted by atomic mass is 16.5. The Hall–Kier alpha value is -1.39. The molecule has 18 heavy (non-hydrogen) atoms. The summed E-state index contributed by atoms with van der Waals surface area (Å²) in [5.74, 6) is 0. The topological polar surface area (TPSA) is 37.4 Å². The maximum absolute atomic E-state index is 5.16. The van der Waals surface area contributed by atoms with Crippen molar-refractivity contribution < 1.29 is 4.74 Å². The van der Waals surface area contributed by atoms with Crippen LogP contribution in [0, 0.1) is 6.92 Å². The van der Waals surface area contributed by atoms with Crippen LogP contribution >= 0.6 is 0 Å². The largest absolute Gasteiger partial charge is 0.383 e. The van der Waals surface area contributed by atoms with Gasteiger partial charge in [0.1, 0.15) is 0 Å². The van der Waals surface area contributed by atoms with Gasteiger partial charge in [-0.1, -0.05) is 6.08 Å². The second kappa shape index (κ2) is 7.84. The molecule has 0 aliphatic heterocycles. The van der Waals surface area contributed by atoms with Gasteiger partial charge in [-0.25, -0.2) is 0 Å². The van der Waals surface area contributed by atoms with Crippen molar-refractivity contribution in [3.8, 4) is 0 Å². The number of anilines is 1. The quantitative estimate of drug-likeness (QED) is 0.712. The van der Waals surface area contributed by atoms with Gasteiger partial charge in [0.25, 0.3) is 0 Å². The van der Waals surface area contributed by atoms with Crippen LogP contribution in [0.4, 0.5) is 5.69 Å². The maximum Gasteiger partial charge on any atom is 0.0637 e. The summed E-state index contributed by atoms with van der Waals surface area (Å²) in [6.45, 7) is 9.00. The lowest BCUT2D eigenvalue weighted by molar-refractivity contribution is 0.205. The molecule has 0 spiro atoms. The van der Waals surface area contributed by atoms with Gasteiger partial charge in [-0.2, -0.15) is 0 Å². The molecule has 0 saturated heterocycles. The SMILES string of the molecule is C=CCN(CCOC)c1cc(C)ncc1CNC. The molecule has 0 atom stereocenters. The molecule has 0 radical (unpaired) electrons. The summed E-state index contributed by atoms with van der Waals surface area (Å²) in [7, 11) is 3.66. The van der Waals surface area contributed by atoms with Crippen molar-refractivity contribution in [3.05, 3.63) is 36.2 Å². The van der Waals surface area contributed by atoms with Crippen molar-refractivity contribution in [3.63, 3.8) is 0 Å². The third-order valence-electron chi connectivity index (χ3n) is 2.72. The molecule has 1 aromatic heterocycles. The van der Waals surface area contributed by atoms with Crippen LogP contribution < -0.4 is 10.2 Å². The van der Waals surface area contributed by atoms with Gasteiger partial charge in [0.2, 0.25) is 0 Å². The fourth-order valence-electron chi connectivity index (χ4n) is 1.86. The molecule has 0 aliphatic carbocycles. The van der Waals surface area contributed by atoms with Gasteiger partial charge in [-0.15, -0.1) is 6.58 Å². The Bertz CT molecular complexity index is 379. The Labute approximate surface area is 110 Å². The van der Waals surface area contributed by atoms with Crippen molar-refractivity contribution >= 4 is 5.69 Å². The normalized spacial score (nSPS) is 10.4. The minimum atomic E-state index is 0.703. The predicted octanol–water partition coefficient (Wildman–Crippen LogP) is 1.75. The van der Waals surface area contributed by atoms with Gasteiger partial charge in [0.15, 0.2) is 0 Å². The fraction of sp³-hybridized carbons (Fsp3) is 0.500. The molecular formula is C14H23N3O. The van der Waals surface area contributed by atoms with E-state index >= 15 is 0 Å². The molecule has 1 aromatic rings. The van der Waals surface area contributed by atoms with E-state index in [1.165, 1.54) is 11.3 Å². The molecular weight excluding hydrogens is 226 g/mol. The van der Waals surface area contributed by atoms with Crippen LogP contribution in [0.3, 0.4) is 0 Å². The van der Waals surface area contributed by atoms with Crippen molar-refractivity contribution in [2.75, 3.05) is 38.8 Å². The number of aryl methyl sites for hydroxylation is 1. The number of rotatable bonds is 8. The molecule has 1 N–H and O–H groups in total. The number of ether oxygens (including phenoxy) is 1. The summed E-state index contributed by atoms with van der Waals surface area (Å²) in [6.07, 6.45) is 3.85. The smallest absolute Gasteiger partial charge is 0.0637 e. The van der Waals surface area contributed by atoms with Crippen LogP contribution in [0.25, 0.3) is 0 Å². The molecule has 0 aliphatic rings. The number of hydrogen-bond donors (Lipinski definition) is 1. The van der Waals surface area contributed by atoms with Gasteiger partial charge < -0.3 is 15.0 Å². The molecule has 1 rings (SSSR count). The number of nitrogens with one attached hydrogen (secondary N) is 1. The van der Waals surface area contributed by atoms with E-state index in [9.17, 15) is 0 Å². The van der Waals surface area contributed by atoms with Gasteiger partial charge in [0, 0.05) is 49.9 Å². The summed E-state index contributed by atoms with van der Waals surface area (Å²) in [5.41, 5.74) is 3.42. The number of pyridine rings is 1. The Morgan fingerprint density at radius 1 is 1.56 bits per heavy atom. The third kappa shape index (κ3) is 4.13. The van der Waals surface area contributed by atoms with Gasteiger partial charge in [-0.05, 0) is 20.0 Å². The minimum absolute atomic E-state index is 0.703. The second-order valence-corrected chi connectivity index (χ2v) is 4.21. The highest BCUT2D eigenvalue weighted by molar-refractivity contribution is 5.54. The number of hydrogen-bond acceptors (Lipinski definition) is 4. The van der Waals surface area contributed by atoms with Crippen molar-refractivity contribution in [2.45, 2.75) is 13.5 Å². The van der Waals surface area contributed by atoms with Gasteiger partial charge in [-0.3, -0.25) is 4.98 Å². The first-order valence-electron chi connectivity index (χ1n) is 6.17. The first-order chi connectivity index (χ1) is 8.72. The van der Waals surface area contributed by atoms with Crippen molar-refractivity contribution in [1.29, 1.82) is 0 Å². The molecule has 0 saturated carbocycles. The zero-order chi connectivity index (χ0) is 13.4. The zero-order valence-electron chi connectivity index (χ0n) is 11.6. The Morgan fingerprint density at radius 3 is 2.94 bits per heavy atom. The first kappa shape index (κ1) is 14.7. The predicted molar refractivity (Wildman–Crippen MR) is 76.0 cm³/mol. The van der Waals surface area contributed by atoms with Crippen molar-refractivity contribution in [1.82, 2.24) is 10.3 Å². The maximum atomic E-state index is 5.16. The first-order valence-corrected chi connectivity index (χ1v) is 6.17. The summed E-state index contributed by atoms with van der Waals surface area (Å²) >= 11 is 0. The van der Waals surface area contributed by atoms with E-state index in [-0.39, 0.29) is 0 Å². The molecule has 1 heterocycles. The molecule has 4 nitrogen and oxygen atoms in total. The van der Waals surface area contributed by atoms with E-state index in [4.69, 9.17) is 4.74 Å². The van der Waals surface area contributed by atoms with E-state index in [1.807, 2.05) is 26.2 Å². The number of aromatic nitrogens is 1. The minimum Gasteiger partial charge on any atom is -0.383 e. The highest BCUT2D eigenvalue weighted by Gasteiger charge is 2.10. The van der Waals surface area contributed by atoms with E-state index in [0.717, 1.165) is 25.3 Å². The molecule has 0 amide bonds. The van der Waals surface area contributed by atoms with Crippen LogP contribution in [-0.2, 0) is 11.3 Å². The summed E-state index contributed by atoms with van der Waals surface area (Å²) in [6, 6.07) is 2.12. The molecule has 0 aromatic carbocycles. The van der Waals surface area contributed by atoms with Crippen LogP contribution in [0.2, 0.25) is 0 Å². The van der Waals surface area contributed by atoms with Gasteiger partial charge >= 0.3 is 0 Å². The van der Waals surface area contributed by atoms with Crippen LogP contribution in [0.5, 0.6) is 0 Å². The molecule has 0 bridgehead atoms. The van der Waals surface area contributed by atoms with E-state index in [0.29, 0.717) is 6.61 Å². The second-order valence-electron chi connectivity index (χ2n) is 4.21. The Kier molecular flexibility index (Phi) is 6.39. The monoisotopic (exact) mass is 249 g/mol. The lowest BCUT2D eigenvalue weighted by Crippen LogP contribution is -2.29. The van der Waals surface area contributed by atoms with Crippen LogP contribution in [0.1, 0.15) is 11.3 Å². The molecule has 0 unspecified atom stereocenters. The molecule has 100 valence electrons. The fourth-order valence-corrected chi connectivity index (χ4v) is 1.86. The lowest BCUT2D eigenvalue weighted by atomic mass is 10.2. The third-order valence-corrected chi connectivity index (χ3v) is 2.72. The summed E-state index contributed by atoms with van der Waals surface area (Å²) in [4.78, 5) is 6.62. The zero-order valence-corrected chi connectivity index (χ0v) is 11.6. The van der Waals surface area contributed by atoms with E-state index in [1.54, 1.807) is 7.11 Å².